The average molecular weight is 337 g/mol. The van der Waals surface area contributed by atoms with E-state index in [2.05, 4.69) is 26.2 Å². The SMILES string of the molecule is CNC(CCc1ccccn1)Cc1ccc(F)cc1Br. The van der Waals surface area contributed by atoms with E-state index >= 15 is 0 Å². The quantitative estimate of drug-likeness (QED) is 0.868. The molecule has 1 atom stereocenters. The van der Waals surface area contributed by atoms with Crippen molar-refractivity contribution in [1.29, 1.82) is 0 Å². The number of aromatic nitrogens is 1. The first-order chi connectivity index (χ1) is 9.69. The molecule has 20 heavy (non-hydrogen) atoms. The zero-order chi connectivity index (χ0) is 14.4. The molecule has 0 spiro atoms. The molecule has 0 aliphatic carbocycles. The Bertz CT molecular complexity index is 545. The first-order valence-corrected chi connectivity index (χ1v) is 7.49. The van der Waals surface area contributed by atoms with Gasteiger partial charge in [0.2, 0.25) is 0 Å². The molecule has 0 aliphatic rings. The van der Waals surface area contributed by atoms with Crippen LogP contribution in [-0.4, -0.2) is 18.1 Å². The summed E-state index contributed by atoms with van der Waals surface area (Å²) in [5, 5.41) is 3.32. The lowest BCUT2D eigenvalue weighted by Gasteiger charge is -2.17. The number of nitrogens with one attached hydrogen (secondary N) is 1. The lowest BCUT2D eigenvalue weighted by atomic mass is 10.0. The van der Waals surface area contributed by atoms with E-state index in [1.54, 1.807) is 0 Å². The lowest BCUT2D eigenvalue weighted by Crippen LogP contribution is -2.28. The van der Waals surface area contributed by atoms with E-state index in [-0.39, 0.29) is 5.82 Å². The largest absolute Gasteiger partial charge is 0.317 e. The van der Waals surface area contributed by atoms with Crippen LogP contribution < -0.4 is 5.32 Å². The van der Waals surface area contributed by atoms with Gasteiger partial charge in [-0.3, -0.25) is 4.98 Å². The fourth-order valence-electron chi connectivity index (χ4n) is 2.17. The van der Waals surface area contributed by atoms with Gasteiger partial charge in [0.05, 0.1) is 0 Å². The molecule has 2 nitrogen and oxygen atoms in total. The molecular weight excluding hydrogens is 319 g/mol. The van der Waals surface area contributed by atoms with Crippen LogP contribution in [0.25, 0.3) is 0 Å². The summed E-state index contributed by atoms with van der Waals surface area (Å²) >= 11 is 3.42. The van der Waals surface area contributed by atoms with Crippen molar-refractivity contribution in [3.8, 4) is 0 Å². The summed E-state index contributed by atoms with van der Waals surface area (Å²) in [6, 6.07) is 11.2. The average Bonchev–Trinajstić information content (AvgIpc) is 2.46. The molecule has 1 aromatic heterocycles. The van der Waals surface area contributed by atoms with Gasteiger partial charge in [-0.2, -0.15) is 0 Å². The Labute approximate surface area is 127 Å². The van der Waals surface area contributed by atoms with E-state index in [4.69, 9.17) is 0 Å². The number of hydrogen-bond donors (Lipinski definition) is 1. The van der Waals surface area contributed by atoms with Gasteiger partial charge in [-0.1, -0.05) is 28.1 Å². The first kappa shape index (κ1) is 15.1. The topological polar surface area (TPSA) is 24.9 Å². The highest BCUT2D eigenvalue weighted by Crippen LogP contribution is 2.20. The number of likely N-dealkylation sites (N-methyl/N-ethyl adjacent to an activating group) is 1. The molecule has 0 bridgehead atoms. The van der Waals surface area contributed by atoms with Gasteiger partial charge in [0.15, 0.2) is 0 Å². The number of rotatable bonds is 6. The molecule has 1 unspecified atom stereocenters. The number of hydrogen-bond acceptors (Lipinski definition) is 2. The van der Waals surface area contributed by atoms with Crippen LogP contribution >= 0.6 is 15.9 Å². The summed E-state index contributed by atoms with van der Waals surface area (Å²) in [4.78, 5) is 4.33. The second-order valence-corrected chi connectivity index (χ2v) is 5.64. The Morgan fingerprint density at radius 3 is 2.80 bits per heavy atom. The predicted molar refractivity (Wildman–Crippen MR) is 83.2 cm³/mol. The second-order valence-electron chi connectivity index (χ2n) is 4.79. The number of aryl methyl sites for hydroxylation is 1. The van der Waals surface area contributed by atoms with E-state index in [1.807, 2.05) is 37.5 Å². The van der Waals surface area contributed by atoms with E-state index in [0.29, 0.717) is 6.04 Å². The summed E-state index contributed by atoms with van der Waals surface area (Å²) in [7, 11) is 1.96. The zero-order valence-electron chi connectivity index (χ0n) is 11.4. The Balaban J connectivity index is 1.95. The van der Waals surface area contributed by atoms with Crippen molar-refractivity contribution < 1.29 is 4.39 Å². The van der Waals surface area contributed by atoms with Crippen molar-refractivity contribution in [2.75, 3.05) is 7.05 Å². The number of halogens is 2. The van der Waals surface area contributed by atoms with Gasteiger partial charge < -0.3 is 5.32 Å². The summed E-state index contributed by atoms with van der Waals surface area (Å²) in [6.45, 7) is 0. The van der Waals surface area contributed by atoms with Gasteiger partial charge in [-0.25, -0.2) is 4.39 Å². The summed E-state index contributed by atoms with van der Waals surface area (Å²) in [6.07, 6.45) is 4.62. The second kappa shape index (κ2) is 7.50. The van der Waals surface area contributed by atoms with Crippen LogP contribution in [0.2, 0.25) is 0 Å². The van der Waals surface area contributed by atoms with Crippen LogP contribution in [0, 0.1) is 5.82 Å². The maximum atomic E-state index is 13.1. The van der Waals surface area contributed by atoms with Gasteiger partial charge in [0.1, 0.15) is 5.82 Å². The number of nitrogens with zero attached hydrogens (tertiary/aromatic N) is 1. The maximum absolute atomic E-state index is 13.1. The molecule has 1 aromatic carbocycles. The Kier molecular flexibility index (Phi) is 5.68. The first-order valence-electron chi connectivity index (χ1n) is 6.70. The van der Waals surface area contributed by atoms with Crippen molar-refractivity contribution in [3.05, 3.63) is 64.1 Å². The molecular formula is C16H18BrFN2. The smallest absolute Gasteiger partial charge is 0.124 e. The van der Waals surface area contributed by atoms with Crippen LogP contribution in [-0.2, 0) is 12.8 Å². The Morgan fingerprint density at radius 1 is 1.30 bits per heavy atom. The third kappa shape index (κ3) is 4.39. The molecule has 2 rings (SSSR count). The van der Waals surface area contributed by atoms with Crippen LogP contribution in [0.5, 0.6) is 0 Å². The summed E-state index contributed by atoms with van der Waals surface area (Å²) in [5.74, 6) is -0.213. The van der Waals surface area contributed by atoms with Crippen molar-refractivity contribution in [2.24, 2.45) is 0 Å². The molecule has 1 heterocycles. The number of pyridine rings is 1. The van der Waals surface area contributed by atoms with E-state index < -0.39 is 0 Å². The third-order valence-corrected chi connectivity index (χ3v) is 4.10. The monoisotopic (exact) mass is 336 g/mol. The van der Waals surface area contributed by atoms with Gasteiger partial charge in [-0.15, -0.1) is 0 Å². The fourth-order valence-corrected chi connectivity index (χ4v) is 2.68. The molecule has 4 heteroatoms. The van der Waals surface area contributed by atoms with E-state index in [1.165, 1.54) is 12.1 Å². The minimum absolute atomic E-state index is 0.213. The standard InChI is InChI=1S/C16H18BrFN2/c1-19-15(8-7-14-4-2-3-9-20-14)10-12-5-6-13(18)11-16(12)17/h2-6,9,11,15,19H,7-8,10H2,1H3. The molecule has 0 amide bonds. The molecule has 106 valence electrons. The van der Waals surface area contributed by atoms with E-state index in [0.717, 1.165) is 35.0 Å². The molecule has 0 fully saturated rings. The maximum Gasteiger partial charge on any atom is 0.124 e. The predicted octanol–water partition coefficient (Wildman–Crippen LogP) is 3.75. The summed E-state index contributed by atoms with van der Waals surface area (Å²) < 4.78 is 13.9. The summed E-state index contributed by atoms with van der Waals surface area (Å²) in [5.41, 5.74) is 2.22. The van der Waals surface area contributed by atoms with E-state index in [9.17, 15) is 4.39 Å². The van der Waals surface area contributed by atoms with Crippen molar-refractivity contribution in [1.82, 2.24) is 10.3 Å². The molecule has 0 aliphatic heterocycles. The van der Waals surface area contributed by atoms with Gasteiger partial charge >= 0.3 is 0 Å². The van der Waals surface area contributed by atoms with Crippen molar-refractivity contribution in [3.63, 3.8) is 0 Å². The van der Waals surface area contributed by atoms with Crippen LogP contribution in [0.3, 0.4) is 0 Å². The normalized spacial score (nSPS) is 12.3. The van der Waals surface area contributed by atoms with Gasteiger partial charge in [0.25, 0.3) is 0 Å². The highest BCUT2D eigenvalue weighted by atomic mass is 79.9. The highest BCUT2D eigenvalue weighted by molar-refractivity contribution is 9.10. The highest BCUT2D eigenvalue weighted by Gasteiger charge is 2.10. The minimum atomic E-state index is -0.213. The molecule has 2 aromatic rings. The fraction of sp³-hybridized carbons (Fsp3) is 0.312. The Morgan fingerprint density at radius 2 is 2.15 bits per heavy atom. The lowest BCUT2D eigenvalue weighted by molar-refractivity contribution is 0.516. The minimum Gasteiger partial charge on any atom is -0.317 e. The third-order valence-electron chi connectivity index (χ3n) is 3.36. The molecule has 0 saturated heterocycles. The van der Waals surface area contributed by atoms with Crippen LogP contribution in [0.4, 0.5) is 4.39 Å². The van der Waals surface area contributed by atoms with Crippen LogP contribution in [0.1, 0.15) is 17.7 Å². The zero-order valence-corrected chi connectivity index (χ0v) is 13.0. The molecule has 0 saturated carbocycles. The van der Waals surface area contributed by atoms with Gasteiger partial charge in [0, 0.05) is 22.4 Å². The molecule has 1 N–H and O–H groups in total. The number of benzene rings is 1. The van der Waals surface area contributed by atoms with Crippen molar-refractivity contribution >= 4 is 15.9 Å². The van der Waals surface area contributed by atoms with Crippen LogP contribution in [0.15, 0.2) is 47.1 Å². The van der Waals surface area contributed by atoms with Gasteiger partial charge in [-0.05, 0) is 56.1 Å². The Hall–Kier alpha value is -1.26. The van der Waals surface area contributed by atoms with Crippen molar-refractivity contribution in [2.45, 2.75) is 25.3 Å². The molecule has 0 radical (unpaired) electrons.